The van der Waals surface area contributed by atoms with Crippen LogP contribution in [0.2, 0.25) is 0 Å². The van der Waals surface area contributed by atoms with Gasteiger partial charge in [0.1, 0.15) is 0 Å². The first-order valence-electron chi connectivity index (χ1n) is 4.40. The zero-order valence-electron chi connectivity index (χ0n) is 8.37. The van der Waals surface area contributed by atoms with E-state index in [1.54, 1.807) is 13.0 Å². The number of aromatic amines is 1. The lowest BCUT2D eigenvalue weighted by molar-refractivity contribution is 0.0995. The molecule has 15 heavy (non-hydrogen) atoms. The lowest BCUT2D eigenvalue weighted by atomic mass is 10.3. The van der Waals surface area contributed by atoms with E-state index in [1.807, 2.05) is 6.92 Å². The first-order chi connectivity index (χ1) is 7.16. The average molecular weight is 206 g/mol. The van der Waals surface area contributed by atoms with Gasteiger partial charge in [-0.3, -0.25) is 9.89 Å². The normalized spacial score (nSPS) is 10.3. The van der Waals surface area contributed by atoms with Gasteiger partial charge in [-0.1, -0.05) is 0 Å². The molecule has 78 valence electrons. The second kappa shape index (κ2) is 3.56. The number of rotatable bonds is 2. The molecular formula is C9H10N4O2. The molecule has 0 radical (unpaired) electrons. The fourth-order valence-corrected chi connectivity index (χ4v) is 1.17. The average Bonchev–Trinajstić information content (AvgIpc) is 2.75. The van der Waals surface area contributed by atoms with Crippen LogP contribution in [0.4, 0.5) is 5.82 Å². The second-order valence-corrected chi connectivity index (χ2v) is 3.16. The second-order valence-electron chi connectivity index (χ2n) is 3.16. The molecule has 0 bridgehead atoms. The molecule has 2 aromatic rings. The fourth-order valence-electron chi connectivity index (χ4n) is 1.17. The Labute approximate surface area is 85.7 Å². The number of hydrogen-bond donors (Lipinski definition) is 2. The molecule has 0 aliphatic rings. The van der Waals surface area contributed by atoms with E-state index in [2.05, 4.69) is 20.5 Å². The number of nitrogens with one attached hydrogen (secondary N) is 2. The summed E-state index contributed by atoms with van der Waals surface area (Å²) in [6, 6.07) is 1.73. The Morgan fingerprint density at radius 2 is 2.33 bits per heavy atom. The van der Waals surface area contributed by atoms with Gasteiger partial charge in [0.05, 0.1) is 5.69 Å². The van der Waals surface area contributed by atoms with Crippen molar-refractivity contribution in [2.75, 3.05) is 5.32 Å². The molecule has 0 aromatic carbocycles. The third-order valence-corrected chi connectivity index (χ3v) is 1.90. The SMILES string of the molecule is Cc1cc(NC(=O)c2ocnc2C)n[nH]1. The first-order valence-corrected chi connectivity index (χ1v) is 4.40. The minimum Gasteiger partial charge on any atom is -0.438 e. The summed E-state index contributed by atoms with van der Waals surface area (Å²) in [5.41, 5.74) is 1.43. The number of carbonyl (C=O) groups is 1. The summed E-state index contributed by atoms with van der Waals surface area (Å²) in [5.74, 6) is 0.320. The molecule has 2 rings (SSSR count). The van der Waals surface area contributed by atoms with E-state index < -0.39 is 0 Å². The Balaban J connectivity index is 2.14. The van der Waals surface area contributed by atoms with Crippen LogP contribution in [0.1, 0.15) is 21.9 Å². The van der Waals surface area contributed by atoms with E-state index in [0.29, 0.717) is 11.5 Å². The first kappa shape index (κ1) is 9.45. The Hall–Kier alpha value is -2.11. The van der Waals surface area contributed by atoms with Crippen LogP contribution in [-0.4, -0.2) is 21.1 Å². The summed E-state index contributed by atoms with van der Waals surface area (Å²) in [5, 5.41) is 9.19. The lowest BCUT2D eigenvalue weighted by Crippen LogP contribution is -2.12. The topological polar surface area (TPSA) is 83.8 Å². The Kier molecular flexibility index (Phi) is 2.24. The van der Waals surface area contributed by atoms with Gasteiger partial charge in [0, 0.05) is 11.8 Å². The Morgan fingerprint density at radius 1 is 1.53 bits per heavy atom. The molecule has 6 heteroatoms. The van der Waals surface area contributed by atoms with E-state index in [-0.39, 0.29) is 11.7 Å². The lowest BCUT2D eigenvalue weighted by Gasteiger charge is -1.97. The molecule has 0 atom stereocenters. The van der Waals surface area contributed by atoms with Crippen LogP contribution in [0.25, 0.3) is 0 Å². The predicted octanol–water partition coefficient (Wildman–Crippen LogP) is 1.27. The highest BCUT2D eigenvalue weighted by atomic mass is 16.3. The van der Waals surface area contributed by atoms with Gasteiger partial charge in [0.25, 0.3) is 5.91 Å². The van der Waals surface area contributed by atoms with Gasteiger partial charge in [-0.2, -0.15) is 5.10 Å². The van der Waals surface area contributed by atoms with Crippen molar-refractivity contribution in [2.24, 2.45) is 0 Å². The van der Waals surface area contributed by atoms with E-state index in [1.165, 1.54) is 6.39 Å². The van der Waals surface area contributed by atoms with E-state index in [9.17, 15) is 4.79 Å². The molecule has 0 unspecified atom stereocenters. The largest absolute Gasteiger partial charge is 0.438 e. The minimum atomic E-state index is -0.350. The van der Waals surface area contributed by atoms with E-state index >= 15 is 0 Å². The van der Waals surface area contributed by atoms with Gasteiger partial charge in [-0.15, -0.1) is 0 Å². The molecule has 2 aromatic heterocycles. The van der Waals surface area contributed by atoms with Gasteiger partial charge >= 0.3 is 0 Å². The zero-order valence-corrected chi connectivity index (χ0v) is 8.37. The van der Waals surface area contributed by atoms with Gasteiger partial charge in [-0.25, -0.2) is 4.98 Å². The highest BCUT2D eigenvalue weighted by Gasteiger charge is 2.14. The molecule has 6 nitrogen and oxygen atoms in total. The summed E-state index contributed by atoms with van der Waals surface area (Å²) in [7, 11) is 0. The number of nitrogens with zero attached hydrogens (tertiary/aromatic N) is 2. The fraction of sp³-hybridized carbons (Fsp3) is 0.222. The Bertz CT molecular complexity index is 486. The maximum Gasteiger partial charge on any atom is 0.294 e. The smallest absolute Gasteiger partial charge is 0.294 e. The van der Waals surface area contributed by atoms with Gasteiger partial charge in [-0.05, 0) is 13.8 Å². The van der Waals surface area contributed by atoms with Crippen LogP contribution in [0.5, 0.6) is 0 Å². The monoisotopic (exact) mass is 206 g/mol. The quantitative estimate of drug-likeness (QED) is 0.774. The maximum atomic E-state index is 11.6. The number of oxazole rings is 1. The molecule has 2 heterocycles. The Morgan fingerprint density at radius 3 is 2.87 bits per heavy atom. The molecule has 0 fully saturated rings. The van der Waals surface area contributed by atoms with Crippen molar-refractivity contribution in [2.45, 2.75) is 13.8 Å². The molecule has 0 aliphatic carbocycles. The third-order valence-electron chi connectivity index (χ3n) is 1.90. The van der Waals surface area contributed by atoms with Crippen LogP contribution in [0.3, 0.4) is 0 Å². The summed E-state index contributed by atoms with van der Waals surface area (Å²) in [4.78, 5) is 15.4. The number of hydrogen-bond acceptors (Lipinski definition) is 4. The van der Waals surface area contributed by atoms with Crippen molar-refractivity contribution in [3.05, 3.63) is 29.6 Å². The summed E-state index contributed by atoms with van der Waals surface area (Å²) >= 11 is 0. The molecule has 2 N–H and O–H groups in total. The van der Waals surface area contributed by atoms with Gasteiger partial charge in [0.15, 0.2) is 12.2 Å². The third kappa shape index (κ3) is 1.88. The summed E-state index contributed by atoms with van der Waals surface area (Å²) < 4.78 is 4.94. The number of carbonyl (C=O) groups excluding carboxylic acids is 1. The molecule has 0 spiro atoms. The van der Waals surface area contributed by atoms with E-state index in [4.69, 9.17) is 4.42 Å². The summed E-state index contributed by atoms with van der Waals surface area (Å²) in [6.45, 7) is 3.55. The predicted molar refractivity (Wildman–Crippen MR) is 52.5 cm³/mol. The number of H-pyrrole nitrogens is 1. The van der Waals surface area contributed by atoms with Crippen LogP contribution in [-0.2, 0) is 0 Å². The number of aryl methyl sites for hydroxylation is 2. The molecular weight excluding hydrogens is 196 g/mol. The number of aromatic nitrogens is 3. The van der Waals surface area contributed by atoms with Crippen LogP contribution in [0.15, 0.2) is 16.9 Å². The van der Waals surface area contributed by atoms with Gasteiger partial charge < -0.3 is 9.73 Å². The molecule has 1 amide bonds. The number of amides is 1. The molecule has 0 aliphatic heterocycles. The van der Waals surface area contributed by atoms with Crippen molar-refractivity contribution >= 4 is 11.7 Å². The summed E-state index contributed by atoms with van der Waals surface area (Å²) in [6.07, 6.45) is 1.24. The molecule has 0 saturated heterocycles. The van der Waals surface area contributed by atoms with Crippen molar-refractivity contribution in [1.29, 1.82) is 0 Å². The van der Waals surface area contributed by atoms with Crippen LogP contribution < -0.4 is 5.32 Å². The maximum absolute atomic E-state index is 11.6. The standard InChI is InChI=1S/C9H10N4O2/c1-5-3-7(13-12-5)11-9(14)8-6(2)10-4-15-8/h3-4H,1-2H3,(H2,11,12,13,14). The number of anilines is 1. The van der Waals surface area contributed by atoms with Crippen LogP contribution in [0, 0.1) is 13.8 Å². The van der Waals surface area contributed by atoms with Crippen molar-refractivity contribution in [1.82, 2.24) is 15.2 Å². The van der Waals surface area contributed by atoms with Crippen LogP contribution >= 0.6 is 0 Å². The molecule has 0 saturated carbocycles. The van der Waals surface area contributed by atoms with Crippen molar-refractivity contribution in [3.8, 4) is 0 Å². The van der Waals surface area contributed by atoms with Crippen molar-refractivity contribution < 1.29 is 9.21 Å². The van der Waals surface area contributed by atoms with Gasteiger partial charge in [0.2, 0.25) is 5.76 Å². The highest BCUT2D eigenvalue weighted by molar-refractivity contribution is 6.02. The van der Waals surface area contributed by atoms with E-state index in [0.717, 1.165) is 5.69 Å². The minimum absolute atomic E-state index is 0.204. The highest BCUT2D eigenvalue weighted by Crippen LogP contribution is 2.09. The zero-order chi connectivity index (χ0) is 10.8. The van der Waals surface area contributed by atoms with Crippen molar-refractivity contribution in [3.63, 3.8) is 0 Å².